The van der Waals surface area contributed by atoms with Gasteiger partial charge in [0.05, 0.1) is 5.56 Å². The number of phenolic OH excluding ortho intramolecular Hbond substituents is 2. The Morgan fingerprint density at radius 3 is 2.80 bits per heavy atom. The van der Waals surface area contributed by atoms with E-state index in [9.17, 15) is 10.2 Å². The van der Waals surface area contributed by atoms with Crippen molar-refractivity contribution in [2.75, 3.05) is 0 Å². The maximum Gasteiger partial charge on any atom is 0.261 e. The monoisotopic (exact) mass is 272 g/mol. The molecule has 3 atom stereocenters. The van der Waals surface area contributed by atoms with Gasteiger partial charge in [0, 0.05) is 5.92 Å². The van der Waals surface area contributed by atoms with Crippen molar-refractivity contribution in [3.05, 3.63) is 24.0 Å². The summed E-state index contributed by atoms with van der Waals surface area (Å²) in [5.41, 5.74) is 0.381. The van der Waals surface area contributed by atoms with Crippen LogP contribution < -0.4 is 0 Å². The minimum Gasteiger partial charge on any atom is -0.508 e. The van der Waals surface area contributed by atoms with Crippen LogP contribution in [0.5, 0.6) is 11.5 Å². The van der Waals surface area contributed by atoms with Crippen LogP contribution in [0.1, 0.15) is 37.4 Å². The number of aromatic hydroxyl groups is 2. The molecule has 2 aliphatic rings. The van der Waals surface area contributed by atoms with Gasteiger partial charge in [-0.2, -0.15) is 4.98 Å². The number of aromatic nitrogens is 2. The van der Waals surface area contributed by atoms with E-state index in [2.05, 4.69) is 10.1 Å². The Morgan fingerprint density at radius 1 is 1.15 bits per heavy atom. The summed E-state index contributed by atoms with van der Waals surface area (Å²) < 4.78 is 5.27. The van der Waals surface area contributed by atoms with E-state index in [0.29, 0.717) is 17.4 Å². The largest absolute Gasteiger partial charge is 0.508 e. The van der Waals surface area contributed by atoms with Crippen LogP contribution in [0, 0.1) is 11.8 Å². The molecule has 4 rings (SSSR count). The Bertz CT molecular complexity index is 652. The fourth-order valence-corrected chi connectivity index (χ4v) is 3.75. The third-order valence-electron chi connectivity index (χ3n) is 4.72. The molecule has 2 saturated carbocycles. The summed E-state index contributed by atoms with van der Waals surface area (Å²) >= 11 is 0. The molecule has 0 amide bonds. The lowest BCUT2D eigenvalue weighted by Gasteiger charge is -2.17. The molecule has 20 heavy (non-hydrogen) atoms. The fourth-order valence-electron chi connectivity index (χ4n) is 3.75. The maximum absolute atomic E-state index is 9.83. The standard InChI is InChI=1S/C15H16N2O3/c18-10-3-4-13(19)12(7-10)15-16-14(17-20-15)11-6-8-1-2-9(11)5-8/h3-4,7-9,11,18-19H,1-2,5-6H2. The molecule has 1 aromatic heterocycles. The van der Waals surface area contributed by atoms with Gasteiger partial charge in [-0.15, -0.1) is 0 Å². The number of hydrogen-bond acceptors (Lipinski definition) is 5. The highest BCUT2D eigenvalue weighted by Gasteiger charge is 2.42. The second kappa shape index (κ2) is 4.23. The highest BCUT2D eigenvalue weighted by molar-refractivity contribution is 5.64. The summed E-state index contributed by atoms with van der Waals surface area (Å²) in [5.74, 6) is 3.02. The zero-order chi connectivity index (χ0) is 13.7. The van der Waals surface area contributed by atoms with Crippen LogP contribution in [0.15, 0.2) is 22.7 Å². The fraction of sp³-hybridized carbons (Fsp3) is 0.467. The Labute approximate surface area is 116 Å². The molecule has 2 aromatic rings. The third kappa shape index (κ3) is 1.77. The van der Waals surface area contributed by atoms with Gasteiger partial charge in [-0.25, -0.2) is 0 Å². The third-order valence-corrected chi connectivity index (χ3v) is 4.72. The Hall–Kier alpha value is -2.04. The number of nitrogens with zero attached hydrogens (tertiary/aromatic N) is 2. The average Bonchev–Trinajstić information content (AvgIpc) is 3.15. The second-order valence-electron chi connectivity index (χ2n) is 5.94. The van der Waals surface area contributed by atoms with Gasteiger partial charge in [0.15, 0.2) is 5.82 Å². The molecule has 104 valence electrons. The number of hydrogen-bond donors (Lipinski definition) is 2. The van der Waals surface area contributed by atoms with Crippen molar-refractivity contribution in [3.8, 4) is 23.0 Å². The lowest BCUT2D eigenvalue weighted by molar-refractivity contribution is 0.371. The first kappa shape index (κ1) is 11.8. The molecule has 0 aliphatic heterocycles. The zero-order valence-electron chi connectivity index (χ0n) is 11.0. The van der Waals surface area contributed by atoms with Crippen molar-refractivity contribution in [2.45, 2.75) is 31.6 Å². The van der Waals surface area contributed by atoms with Crippen molar-refractivity contribution in [1.82, 2.24) is 10.1 Å². The van der Waals surface area contributed by atoms with Gasteiger partial charge in [0.25, 0.3) is 5.89 Å². The highest BCUT2D eigenvalue weighted by atomic mass is 16.5. The van der Waals surface area contributed by atoms with E-state index in [-0.39, 0.29) is 17.4 Å². The van der Waals surface area contributed by atoms with E-state index < -0.39 is 0 Å². The molecule has 2 N–H and O–H groups in total. The van der Waals surface area contributed by atoms with Crippen molar-refractivity contribution < 1.29 is 14.7 Å². The van der Waals surface area contributed by atoms with E-state index in [0.717, 1.165) is 18.2 Å². The molecule has 1 aromatic carbocycles. The van der Waals surface area contributed by atoms with E-state index in [1.807, 2.05) is 0 Å². The predicted molar refractivity (Wildman–Crippen MR) is 71.3 cm³/mol. The number of fused-ring (bicyclic) bond motifs is 2. The van der Waals surface area contributed by atoms with Crippen LogP contribution in [0.3, 0.4) is 0 Å². The summed E-state index contributed by atoms with van der Waals surface area (Å²) in [6, 6.07) is 4.28. The highest BCUT2D eigenvalue weighted by Crippen LogP contribution is 2.52. The summed E-state index contributed by atoms with van der Waals surface area (Å²) in [6.07, 6.45) is 5.03. The molecular weight excluding hydrogens is 256 g/mol. The van der Waals surface area contributed by atoms with Crippen molar-refractivity contribution >= 4 is 0 Å². The average molecular weight is 272 g/mol. The number of phenols is 2. The zero-order valence-corrected chi connectivity index (χ0v) is 11.0. The first-order chi connectivity index (χ1) is 9.70. The van der Waals surface area contributed by atoms with Crippen molar-refractivity contribution in [3.63, 3.8) is 0 Å². The van der Waals surface area contributed by atoms with Crippen LogP contribution in [0.25, 0.3) is 11.5 Å². The van der Waals surface area contributed by atoms with E-state index in [1.165, 1.54) is 37.5 Å². The van der Waals surface area contributed by atoms with Gasteiger partial charge < -0.3 is 14.7 Å². The summed E-state index contributed by atoms with van der Waals surface area (Å²) in [5, 5.41) is 23.4. The van der Waals surface area contributed by atoms with E-state index >= 15 is 0 Å². The van der Waals surface area contributed by atoms with Crippen LogP contribution in [0.4, 0.5) is 0 Å². The lowest BCUT2D eigenvalue weighted by Crippen LogP contribution is -2.09. The Kier molecular flexibility index (Phi) is 2.49. The molecular formula is C15H16N2O3. The molecule has 5 heteroatoms. The summed E-state index contributed by atoms with van der Waals surface area (Å²) in [7, 11) is 0. The number of rotatable bonds is 2. The lowest BCUT2D eigenvalue weighted by atomic mass is 9.88. The Balaban J connectivity index is 1.66. The van der Waals surface area contributed by atoms with Crippen molar-refractivity contribution in [1.29, 1.82) is 0 Å². The molecule has 0 spiro atoms. The molecule has 2 fully saturated rings. The Morgan fingerprint density at radius 2 is 2.05 bits per heavy atom. The molecule has 1 heterocycles. The first-order valence-electron chi connectivity index (χ1n) is 7.06. The molecule has 2 aliphatic carbocycles. The van der Waals surface area contributed by atoms with E-state index in [4.69, 9.17) is 4.52 Å². The van der Waals surface area contributed by atoms with Crippen LogP contribution in [0.2, 0.25) is 0 Å². The molecule has 5 nitrogen and oxygen atoms in total. The first-order valence-corrected chi connectivity index (χ1v) is 7.06. The van der Waals surface area contributed by atoms with Gasteiger partial charge in [-0.3, -0.25) is 0 Å². The quantitative estimate of drug-likeness (QED) is 0.821. The normalized spacial score (nSPS) is 28.1. The SMILES string of the molecule is Oc1ccc(O)c(-c2nc(C3CC4CCC3C4)no2)c1. The van der Waals surface area contributed by atoms with Gasteiger partial charge >= 0.3 is 0 Å². The molecule has 2 bridgehead atoms. The summed E-state index contributed by atoms with van der Waals surface area (Å²) in [6.45, 7) is 0. The van der Waals surface area contributed by atoms with Gasteiger partial charge in [0.1, 0.15) is 11.5 Å². The van der Waals surface area contributed by atoms with Gasteiger partial charge in [-0.1, -0.05) is 11.6 Å². The van der Waals surface area contributed by atoms with Crippen LogP contribution in [-0.4, -0.2) is 20.4 Å². The smallest absolute Gasteiger partial charge is 0.261 e. The van der Waals surface area contributed by atoms with Gasteiger partial charge in [-0.05, 0) is 49.3 Å². The topological polar surface area (TPSA) is 79.4 Å². The van der Waals surface area contributed by atoms with Crippen LogP contribution >= 0.6 is 0 Å². The minimum absolute atomic E-state index is 0.0333. The number of benzene rings is 1. The molecule has 3 unspecified atom stereocenters. The van der Waals surface area contributed by atoms with Crippen molar-refractivity contribution in [2.24, 2.45) is 11.8 Å². The van der Waals surface area contributed by atoms with E-state index in [1.54, 1.807) is 0 Å². The predicted octanol–water partition coefficient (Wildman–Crippen LogP) is 3.05. The van der Waals surface area contributed by atoms with Crippen LogP contribution in [-0.2, 0) is 0 Å². The molecule has 0 saturated heterocycles. The summed E-state index contributed by atoms with van der Waals surface area (Å²) in [4.78, 5) is 4.43. The maximum atomic E-state index is 9.83. The van der Waals surface area contributed by atoms with Gasteiger partial charge in [0.2, 0.25) is 0 Å². The second-order valence-corrected chi connectivity index (χ2v) is 5.94. The minimum atomic E-state index is 0.0333. The molecule has 0 radical (unpaired) electrons.